The third-order valence-electron chi connectivity index (χ3n) is 4.67. The molecule has 1 unspecified atom stereocenters. The number of hydrogen-bond acceptors (Lipinski definition) is 4. The highest BCUT2D eigenvalue weighted by molar-refractivity contribution is 6.03. The molecule has 0 aromatic heterocycles. The van der Waals surface area contributed by atoms with E-state index in [4.69, 9.17) is 5.73 Å². The molecule has 5 N–H and O–H groups in total. The summed E-state index contributed by atoms with van der Waals surface area (Å²) >= 11 is 0. The smallest absolute Gasteiger partial charge is 0.239 e. The summed E-state index contributed by atoms with van der Waals surface area (Å²) in [7, 11) is 0. The van der Waals surface area contributed by atoms with E-state index in [0.29, 0.717) is 13.0 Å². The third kappa shape index (κ3) is 5.94. The summed E-state index contributed by atoms with van der Waals surface area (Å²) in [5.41, 5.74) is 8.74. The highest BCUT2D eigenvalue weighted by atomic mass is 35.5. The van der Waals surface area contributed by atoms with Crippen LogP contribution in [0, 0.1) is 5.92 Å². The van der Waals surface area contributed by atoms with Crippen molar-refractivity contribution >= 4 is 35.8 Å². The van der Waals surface area contributed by atoms with Gasteiger partial charge in [-0.1, -0.05) is 32.9 Å². The van der Waals surface area contributed by atoms with Gasteiger partial charge in [-0.3, -0.25) is 14.4 Å². The Morgan fingerprint density at radius 3 is 2.59 bits per heavy atom. The molecule has 7 nitrogen and oxygen atoms in total. The van der Waals surface area contributed by atoms with Crippen molar-refractivity contribution in [1.82, 2.24) is 10.6 Å². The molecule has 8 heteroatoms. The lowest BCUT2D eigenvalue weighted by molar-refractivity contribution is -0.127. The maximum absolute atomic E-state index is 12.2. The number of anilines is 1. The standard InChI is InChI=1S/C19H28N4O3.ClH/c1-4-12-5-6-15-14(9-12)13(18(25)23-15)7-8-21-16(24)10-22-19(26)17(20)11(2)3;/h5-6,9,11,13,17H,4,7-8,10,20H2,1-3H3,(H,21,24)(H,22,26)(H,23,25);1H/t13?,17-;/m0./s1. The zero-order valence-electron chi connectivity index (χ0n) is 16.0. The van der Waals surface area contributed by atoms with Crippen LogP contribution in [0.1, 0.15) is 44.2 Å². The van der Waals surface area contributed by atoms with Crippen molar-refractivity contribution in [1.29, 1.82) is 0 Å². The number of halogens is 1. The maximum atomic E-state index is 12.2. The molecule has 0 bridgehead atoms. The third-order valence-corrected chi connectivity index (χ3v) is 4.67. The van der Waals surface area contributed by atoms with Crippen molar-refractivity contribution in [2.24, 2.45) is 11.7 Å². The monoisotopic (exact) mass is 396 g/mol. The zero-order valence-corrected chi connectivity index (χ0v) is 16.8. The van der Waals surface area contributed by atoms with Crippen molar-refractivity contribution in [3.05, 3.63) is 29.3 Å². The number of amides is 3. The van der Waals surface area contributed by atoms with Gasteiger partial charge in [0.25, 0.3) is 0 Å². The molecule has 0 saturated heterocycles. The van der Waals surface area contributed by atoms with Gasteiger partial charge in [0.05, 0.1) is 18.5 Å². The first-order valence-electron chi connectivity index (χ1n) is 9.07. The maximum Gasteiger partial charge on any atom is 0.239 e. The van der Waals surface area contributed by atoms with E-state index in [1.54, 1.807) is 0 Å². The minimum atomic E-state index is -0.630. The number of nitrogens with one attached hydrogen (secondary N) is 3. The molecule has 1 aliphatic rings. The first-order valence-corrected chi connectivity index (χ1v) is 9.07. The van der Waals surface area contributed by atoms with Crippen molar-refractivity contribution in [3.63, 3.8) is 0 Å². The molecule has 0 spiro atoms. The van der Waals surface area contributed by atoms with Crippen LogP contribution in [-0.2, 0) is 20.8 Å². The molecule has 0 fully saturated rings. The molecule has 1 heterocycles. The predicted molar refractivity (Wildman–Crippen MR) is 108 cm³/mol. The summed E-state index contributed by atoms with van der Waals surface area (Å²) in [4.78, 5) is 35.8. The van der Waals surface area contributed by atoms with Crippen LogP contribution in [0.4, 0.5) is 5.69 Å². The quantitative estimate of drug-likeness (QED) is 0.530. The Morgan fingerprint density at radius 2 is 1.96 bits per heavy atom. The highest BCUT2D eigenvalue weighted by Gasteiger charge is 2.30. The van der Waals surface area contributed by atoms with Crippen molar-refractivity contribution < 1.29 is 14.4 Å². The Bertz CT molecular complexity index is 694. The molecular formula is C19H29ClN4O3. The molecule has 1 aromatic carbocycles. The molecule has 2 rings (SSSR count). The number of hydrogen-bond donors (Lipinski definition) is 4. The fourth-order valence-electron chi connectivity index (χ4n) is 2.89. The predicted octanol–water partition coefficient (Wildman–Crippen LogP) is 1.31. The molecule has 27 heavy (non-hydrogen) atoms. The normalized spacial score (nSPS) is 16.2. The van der Waals surface area contributed by atoms with E-state index in [2.05, 4.69) is 22.9 Å². The molecular weight excluding hydrogens is 368 g/mol. The Hall–Kier alpha value is -2.12. The van der Waals surface area contributed by atoms with E-state index >= 15 is 0 Å². The van der Waals surface area contributed by atoms with Crippen LogP contribution in [0.25, 0.3) is 0 Å². The van der Waals surface area contributed by atoms with Crippen LogP contribution in [0.15, 0.2) is 18.2 Å². The van der Waals surface area contributed by atoms with Crippen LogP contribution in [0.2, 0.25) is 0 Å². The lowest BCUT2D eigenvalue weighted by Gasteiger charge is -2.15. The van der Waals surface area contributed by atoms with E-state index in [1.807, 2.05) is 32.0 Å². The number of carbonyl (C=O) groups excluding carboxylic acids is 3. The second-order valence-electron chi connectivity index (χ2n) is 6.94. The van der Waals surface area contributed by atoms with E-state index < -0.39 is 6.04 Å². The summed E-state index contributed by atoms with van der Waals surface area (Å²) in [5, 5.41) is 8.14. The fraction of sp³-hybridized carbons (Fsp3) is 0.526. The van der Waals surface area contributed by atoms with Crippen molar-refractivity contribution in [2.75, 3.05) is 18.4 Å². The summed E-state index contributed by atoms with van der Waals surface area (Å²) in [6.07, 6.45) is 1.42. The Kier molecular flexibility index (Phi) is 8.72. The number of nitrogens with two attached hydrogens (primary N) is 1. The van der Waals surface area contributed by atoms with Gasteiger partial charge in [-0.15, -0.1) is 12.4 Å². The Morgan fingerprint density at radius 1 is 1.26 bits per heavy atom. The average molecular weight is 397 g/mol. The first kappa shape index (κ1) is 22.9. The van der Waals surface area contributed by atoms with E-state index in [0.717, 1.165) is 17.7 Å². The molecule has 2 atom stereocenters. The molecule has 1 aromatic rings. The van der Waals surface area contributed by atoms with Crippen LogP contribution in [0.3, 0.4) is 0 Å². The van der Waals surface area contributed by atoms with Crippen LogP contribution in [0.5, 0.6) is 0 Å². The summed E-state index contributed by atoms with van der Waals surface area (Å²) < 4.78 is 0. The van der Waals surface area contributed by atoms with Gasteiger partial charge in [0, 0.05) is 12.2 Å². The Labute approximate surface area is 166 Å². The minimum Gasteiger partial charge on any atom is -0.355 e. The zero-order chi connectivity index (χ0) is 19.3. The van der Waals surface area contributed by atoms with Gasteiger partial charge < -0.3 is 21.7 Å². The van der Waals surface area contributed by atoms with Gasteiger partial charge >= 0.3 is 0 Å². The molecule has 0 radical (unpaired) electrons. The first-order chi connectivity index (χ1) is 12.3. The van der Waals surface area contributed by atoms with Gasteiger partial charge in [0.1, 0.15) is 0 Å². The number of benzene rings is 1. The van der Waals surface area contributed by atoms with E-state index in [9.17, 15) is 14.4 Å². The molecule has 3 amide bonds. The van der Waals surface area contributed by atoms with Crippen LogP contribution >= 0.6 is 12.4 Å². The number of aryl methyl sites for hydroxylation is 1. The topological polar surface area (TPSA) is 113 Å². The lowest BCUT2D eigenvalue weighted by atomic mass is 9.95. The average Bonchev–Trinajstić information content (AvgIpc) is 2.93. The van der Waals surface area contributed by atoms with Crippen molar-refractivity contribution in [2.45, 2.75) is 45.6 Å². The van der Waals surface area contributed by atoms with Crippen LogP contribution < -0.4 is 21.7 Å². The molecule has 0 saturated carbocycles. The van der Waals surface area contributed by atoms with Gasteiger partial charge in [-0.05, 0) is 36.0 Å². The summed E-state index contributed by atoms with van der Waals surface area (Å²) in [6, 6.07) is 5.35. The lowest BCUT2D eigenvalue weighted by Crippen LogP contribution is -2.47. The largest absolute Gasteiger partial charge is 0.355 e. The Balaban J connectivity index is 0.00000364. The minimum absolute atomic E-state index is 0. The number of fused-ring (bicyclic) bond motifs is 1. The molecule has 1 aliphatic heterocycles. The molecule has 0 aliphatic carbocycles. The number of carbonyl (C=O) groups is 3. The molecule has 150 valence electrons. The van der Waals surface area contributed by atoms with Gasteiger partial charge in [-0.25, -0.2) is 0 Å². The number of rotatable bonds is 8. The highest BCUT2D eigenvalue weighted by Crippen LogP contribution is 2.35. The van der Waals surface area contributed by atoms with E-state index in [1.165, 1.54) is 5.56 Å². The SMILES string of the molecule is CCc1ccc2c(c1)C(CCNC(=O)CNC(=O)[C@@H](N)C(C)C)C(=O)N2.Cl. The van der Waals surface area contributed by atoms with Crippen molar-refractivity contribution in [3.8, 4) is 0 Å². The second kappa shape index (κ2) is 10.3. The van der Waals surface area contributed by atoms with Gasteiger partial charge in [0.2, 0.25) is 17.7 Å². The second-order valence-corrected chi connectivity index (χ2v) is 6.94. The van der Waals surface area contributed by atoms with Crippen LogP contribution in [-0.4, -0.2) is 36.9 Å². The summed E-state index contributed by atoms with van der Waals surface area (Å²) in [5.74, 6) is -0.937. The van der Waals surface area contributed by atoms with Gasteiger partial charge in [-0.2, -0.15) is 0 Å². The van der Waals surface area contributed by atoms with E-state index in [-0.39, 0.29) is 48.5 Å². The van der Waals surface area contributed by atoms with Gasteiger partial charge in [0.15, 0.2) is 0 Å². The fourth-order valence-corrected chi connectivity index (χ4v) is 2.89. The summed E-state index contributed by atoms with van der Waals surface area (Å²) in [6.45, 7) is 6.00.